The van der Waals surface area contributed by atoms with Gasteiger partial charge in [-0.2, -0.15) is 0 Å². The van der Waals surface area contributed by atoms with Crippen LogP contribution in [0.3, 0.4) is 0 Å². The van der Waals surface area contributed by atoms with Crippen molar-refractivity contribution in [3.8, 4) is 0 Å². The maximum absolute atomic E-state index is 8.96. The van der Waals surface area contributed by atoms with Gasteiger partial charge >= 0.3 is 0 Å². The van der Waals surface area contributed by atoms with Gasteiger partial charge < -0.3 is 10.4 Å². The van der Waals surface area contributed by atoms with Gasteiger partial charge in [-0.1, -0.05) is 34.1 Å². The smallest absolute Gasteiger partial charge is 0.0434 e. The molecule has 0 radical (unpaired) electrons. The number of hydrogen-bond donors (Lipinski definition) is 2. The van der Waals surface area contributed by atoms with Crippen molar-refractivity contribution < 1.29 is 5.11 Å². The Morgan fingerprint density at radius 1 is 1.20 bits per heavy atom. The zero-order valence-electron chi connectivity index (χ0n) is 11.1. The molecule has 0 aliphatic rings. The van der Waals surface area contributed by atoms with Crippen molar-refractivity contribution in [3.05, 3.63) is 0 Å². The molecule has 0 aromatic carbocycles. The molecule has 0 heterocycles. The lowest BCUT2D eigenvalue weighted by molar-refractivity contribution is 0.228. The van der Waals surface area contributed by atoms with Gasteiger partial charge in [-0.15, -0.1) is 0 Å². The van der Waals surface area contributed by atoms with Crippen molar-refractivity contribution in [2.24, 2.45) is 11.3 Å². The number of hydrogen-bond acceptors (Lipinski definition) is 2. The second kappa shape index (κ2) is 7.24. The number of nitrogens with one attached hydrogen (secondary N) is 1. The molecule has 2 heteroatoms. The number of aliphatic hydroxyl groups excluding tert-OH is 1. The third-order valence-electron chi connectivity index (χ3n) is 3.25. The Kier molecular flexibility index (Phi) is 7.20. The Hall–Kier alpha value is -0.0800. The molecular formula is C13H29NO. The molecule has 0 saturated carbocycles. The van der Waals surface area contributed by atoms with Gasteiger partial charge in [0.2, 0.25) is 0 Å². The second-order valence-electron chi connectivity index (χ2n) is 5.66. The first-order valence-electron chi connectivity index (χ1n) is 6.26. The van der Waals surface area contributed by atoms with Crippen LogP contribution in [-0.2, 0) is 0 Å². The van der Waals surface area contributed by atoms with E-state index in [2.05, 4.69) is 39.9 Å². The minimum absolute atomic E-state index is 0.315. The minimum atomic E-state index is 0.315. The molecule has 2 nitrogen and oxygen atoms in total. The van der Waals surface area contributed by atoms with Gasteiger partial charge in [0.05, 0.1) is 0 Å². The van der Waals surface area contributed by atoms with E-state index < -0.39 is 0 Å². The van der Waals surface area contributed by atoms with Gasteiger partial charge in [0, 0.05) is 12.6 Å². The van der Waals surface area contributed by atoms with E-state index in [4.69, 9.17) is 5.11 Å². The van der Waals surface area contributed by atoms with E-state index in [0.29, 0.717) is 24.0 Å². The van der Waals surface area contributed by atoms with Crippen LogP contribution in [-0.4, -0.2) is 24.3 Å². The summed E-state index contributed by atoms with van der Waals surface area (Å²) in [6, 6.07) is 0.524. The molecular weight excluding hydrogens is 186 g/mol. The normalized spacial score (nSPS) is 16.4. The van der Waals surface area contributed by atoms with E-state index in [1.54, 1.807) is 0 Å². The summed E-state index contributed by atoms with van der Waals surface area (Å²) in [6.07, 6.45) is 3.35. The van der Waals surface area contributed by atoms with Crippen LogP contribution >= 0.6 is 0 Å². The molecule has 92 valence electrons. The zero-order valence-corrected chi connectivity index (χ0v) is 11.1. The molecule has 2 atom stereocenters. The molecule has 15 heavy (non-hydrogen) atoms. The molecule has 0 saturated heterocycles. The van der Waals surface area contributed by atoms with Gasteiger partial charge in [-0.3, -0.25) is 0 Å². The predicted molar refractivity (Wildman–Crippen MR) is 67.0 cm³/mol. The topological polar surface area (TPSA) is 32.3 Å². The highest BCUT2D eigenvalue weighted by Crippen LogP contribution is 2.19. The highest BCUT2D eigenvalue weighted by molar-refractivity contribution is 4.77. The lowest BCUT2D eigenvalue weighted by Crippen LogP contribution is -2.40. The molecule has 0 rings (SSSR count). The maximum atomic E-state index is 8.96. The number of rotatable bonds is 7. The fraction of sp³-hybridized carbons (Fsp3) is 1.00. The van der Waals surface area contributed by atoms with Gasteiger partial charge in [0.25, 0.3) is 0 Å². The standard InChI is InChI=1S/C13H29NO/c1-6-7-12(8-9-15)10-14-11(2)13(3,4)5/h11-12,14-15H,6-10H2,1-5H3. The molecule has 2 N–H and O–H groups in total. The average molecular weight is 215 g/mol. The van der Waals surface area contributed by atoms with Crippen LogP contribution in [0.15, 0.2) is 0 Å². The van der Waals surface area contributed by atoms with E-state index in [-0.39, 0.29) is 0 Å². The Balaban J connectivity index is 3.87. The van der Waals surface area contributed by atoms with E-state index in [0.717, 1.165) is 13.0 Å². The summed E-state index contributed by atoms with van der Waals surface area (Å²) in [7, 11) is 0. The van der Waals surface area contributed by atoms with Crippen LogP contribution in [0.5, 0.6) is 0 Å². The quantitative estimate of drug-likeness (QED) is 0.684. The van der Waals surface area contributed by atoms with E-state index in [1.165, 1.54) is 12.8 Å². The molecule has 0 aliphatic carbocycles. The molecule has 0 amide bonds. The van der Waals surface area contributed by atoms with Gasteiger partial charge in [-0.05, 0) is 37.6 Å². The van der Waals surface area contributed by atoms with Gasteiger partial charge in [0.15, 0.2) is 0 Å². The molecule has 0 aromatic rings. The molecule has 0 bridgehead atoms. The van der Waals surface area contributed by atoms with Crippen molar-refractivity contribution in [2.75, 3.05) is 13.2 Å². The highest BCUT2D eigenvalue weighted by Gasteiger charge is 2.20. The molecule has 0 fully saturated rings. The summed E-state index contributed by atoms with van der Waals surface area (Å²) >= 11 is 0. The van der Waals surface area contributed by atoms with Crippen LogP contribution in [0.1, 0.15) is 53.9 Å². The first-order chi connectivity index (χ1) is 6.91. The Morgan fingerprint density at radius 2 is 1.80 bits per heavy atom. The predicted octanol–water partition coefficient (Wildman–Crippen LogP) is 2.81. The first-order valence-corrected chi connectivity index (χ1v) is 6.26. The summed E-state index contributed by atoms with van der Waals surface area (Å²) < 4.78 is 0. The van der Waals surface area contributed by atoms with E-state index in [1.807, 2.05) is 0 Å². The zero-order chi connectivity index (χ0) is 11.9. The molecule has 2 unspecified atom stereocenters. The first kappa shape index (κ1) is 14.9. The highest BCUT2D eigenvalue weighted by atomic mass is 16.3. The van der Waals surface area contributed by atoms with Crippen LogP contribution in [0.25, 0.3) is 0 Å². The Bertz CT molecular complexity index is 145. The van der Waals surface area contributed by atoms with Crippen molar-refractivity contribution in [1.29, 1.82) is 0 Å². The summed E-state index contributed by atoms with van der Waals surface area (Å²) in [4.78, 5) is 0. The third kappa shape index (κ3) is 6.91. The fourth-order valence-corrected chi connectivity index (χ4v) is 1.59. The number of aliphatic hydroxyl groups is 1. The summed E-state index contributed by atoms with van der Waals surface area (Å²) in [6.45, 7) is 12.6. The molecule has 0 aromatic heterocycles. The average Bonchev–Trinajstić information content (AvgIpc) is 2.12. The fourth-order valence-electron chi connectivity index (χ4n) is 1.59. The van der Waals surface area contributed by atoms with Crippen LogP contribution in [0.4, 0.5) is 0 Å². The SMILES string of the molecule is CCCC(CCO)CNC(C)C(C)(C)C. The monoisotopic (exact) mass is 215 g/mol. The van der Waals surface area contributed by atoms with Gasteiger partial charge in [-0.25, -0.2) is 0 Å². The van der Waals surface area contributed by atoms with Crippen molar-refractivity contribution in [2.45, 2.75) is 59.9 Å². The van der Waals surface area contributed by atoms with Crippen molar-refractivity contribution >= 4 is 0 Å². The summed E-state index contributed by atoms with van der Waals surface area (Å²) in [5.74, 6) is 0.629. The largest absolute Gasteiger partial charge is 0.396 e. The van der Waals surface area contributed by atoms with E-state index >= 15 is 0 Å². The lowest BCUT2D eigenvalue weighted by atomic mass is 9.87. The maximum Gasteiger partial charge on any atom is 0.0434 e. The van der Waals surface area contributed by atoms with Crippen LogP contribution in [0, 0.1) is 11.3 Å². The van der Waals surface area contributed by atoms with Crippen molar-refractivity contribution in [1.82, 2.24) is 5.32 Å². The lowest BCUT2D eigenvalue weighted by Gasteiger charge is -2.30. The van der Waals surface area contributed by atoms with Gasteiger partial charge in [0.1, 0.15) is 0 Å². The summed E-state index contributed by atoms with van der Waals surface area (Å²) in [5.41, 5.74) is 0.315. The molecule has 0 aliphatic heterocycles. The van der Waals surface area contributed by atoms with Crippen LogP contribution in [0.2, 0.25) is 0 Å². The third-order valence-corrected chi connectivity index (χ3v) is 3.25. The van der Waals surface area contributed by atoms with E-state index in [9.17, 15) is 0 Å². The Morgan fingerprint density at radius 3 is 2.20 bits per heavy atom. The Labute approximate surface area is 95.5 Å². The molecule has 0 spiro atoms. The second-order valence-corrected chi connectivity index (χ2v) is 5.66. The summed E-state index contributed by atoms with van der Waals surface area (Å²) in [5, 5.41) is 12.5. The van der Waals surface area contributed by atoms with Crippen molar-refractivity contribution in [3.63, 3.8) is 0 Å². The van der Waals surface area contributed by atoms with Crippen LogP contribution < -0.4 is 5.32 Å². The minimum Gasteiger partial charge on any atom is -0.396 e.